The van der Waals surface area contributed by atoms with Crippen molar-refractivity contribution in [2.45, 2.75) is 38.0 Å². The van der Waals surface area contributed by atoms with E-state index in [0.717, 1.165) is 24.9 Å². The van der Waals surface area contributed by atoms with Crippen molar-refractivity contribution in [1.82, 2.24) is 24.8 Å². The van der Waals surface area contributed by atoms with Crippen molar-refractivity contribution in [3.8, 4) is 12.1 Å². The van der Waals surface area contributed by atoms with Crippen LogP contribution in [-0.4, -0.2) is 82.8 Å². The maximum absolute atomic E-state index is 15.0. The molecule has 0 saturated carbocycles. The van der Waals surface area contributed by atoms with E-state index in [1.165, 1.54) is 6.20 Å². The Balaban J connectivity index is 1.37. The number of nitrogens with zero attached hydrogens (tertiary/aromatic N) is 7. The Morgan fingerprint density at radius 1 is 1.21 bits per heavy atom. The Morgan fingerprint density at radius 2 is 2.03 bits per heavy atom. The summed E-state index contributed by atoms with van der Waals surface area (Å²) < 4.78 is 26.5. The molecular weight excluding hydrogens is 525 g/mol. The summed E-state index contributed by atoms with van der Waals surface area (Å²) in [6.45, 7) is 2.46. The largest absolute Gasteiger partial charge is 0.462 e. The van der Waals surface area contributed by atoms with E-state index < -0.39 is 18.0 Å². The lowest BCUT2D eigenvalue weighted by molar-refractivity contribution is 0.0768. The van der Waals surface area contributed by atoms with E-state index >= 15 is 4.39 Å². The molecule has 0 unspecified atom stereocenters. The Kier molecular flexibility index (Phi) is 8.24. The predicted octanol–water partition coefficient (Wildman–Crippen LogP) is 4.03. The molecule has 12 heteroatoms. The highest BCUT2D eigenvalue weighted by atomic mass is 35.5. The van der Waals surface area contributed by atoms with Crippen LogP contribution in [0.3, 0.4) is 0 Å². The zero-order valence-electron chi connectivity index (χ0n) is 21.6. The number of halogens is 2. The predicted molar refractivity (Wildman–Crippen MR) is 143 cm³/mol. The van der Waals surface area contributed by atoms with Gasteiger partial charge in [0, 0.05) is 31.9 Å². The molecule has 1 aromatic carbocycles. The van der Waals surface area contributed by atoms with Gasteiger partial charge in [0.15, 0.2) is 11.0 Å². The molecule has 3 aromatic rings. The first-order valence-electron chi connectivity index (χ1n) is 12.9. The van der Waals surface area contributed by atoms with E-state index in [9.17, 15) is 10.1 Å². The first-order chi connectivity index (χ1) is 18.9. The van der Waals surface area contributed by atoms with Crippen LogP contribution in [-0.2, 0) is 11.3 Å². The molecule has 0 radical (unpaired) electrons. The number of likely N-dealkylation sites (tertiary alicyclic amines) is 1. The van der Waals surface area contributed by atoms with Crippen LogP contribution in [0.5, 0.6) is 6.01 Å². The van der Waals surface area contributed by atoms with Gasteiger partial charge in [-0.1, -0.05) is 41.9 Å². The van der Waals surface area contributed by atoms with Gasteiger partial charge >= 0.3 is 12.1 Å². The number of aromatic nitrogens is 3. The van der Waals surface area contributed by atoms with Gasteiger partial charge in [-0.05, 0) is 32.0 Å². The fourth-order valence-corrected chi connectivity index (χ4v) is 5.17. The van der Waals surface area contributed by atoms with Crippen LogP contribution in [0.2, 0.25) is 5.15 Å². The van der Waals surface area contributed by atoms with Crippen LogP contribution >= 0.6 is 11.6 Å². The molecule has 0 N–H and O–H groups in total. The van der Waals surface area contributed by atoms with Gasteiger partial charge in [0.1, 0.15) is 24.5 Å². The van der Waals surface area contributed by atoms with Crippen LogP contribution in [0.4, 0.5) is 15.0 Å². The number of hydrogen-bond acceptors (Lipinski definition) is 9. The minimum absolute atomic E-state index is 0.0105. The SMILES string of the molecule is CN1CCC[C@@H]1COc1nc(N2CCN(C(=O)OCc3ccccc3)[C@@H](CC#N)C2)c2cnc(Cl)c(F)c2n1. The number of amides is 1. The smallest absolute Gasteiger partial charge is 0.410 e. The summed E-state index contributed by atoms with van der Waals surface area (Å²) in [6.07, 6.45) is 3.12. The minimum atomic E-state index is -0.752. The number of hydrogen-bond donors (Lipinski definition) is 0. The van der Waals surface area contributed by atoms with Gasteiger partial charge in [-0.3, -0.25) is 0 Å². The van der Waals surface area contributed by atoms with Crippen LogP contribution in [0.1, 0.15) is 24.8 Å². The molecule has 2 saturated heterocycles. The number of benzene rings is 1. The minimum Gasteiger partial charge on any atom is -0.462 e. The van der Waals surface area contributed by atoms with Crippen molar-refractivity contribution in [1.29, 1.82) is 5.26 Å². The number of likely N-dealkylation sites (N-methyl/N-ethyl adjacent to an activating group) is 1. The highest BCUT2D eigenvalue weighted by Crippen LogP contribution is 2.32. The highest BCUT2D eigenvalue weighted by Gasteiger charge is 2.33. The van der Waals surface area contributed by atoms with Crippen molar-refractivity contribution >= 4 is 34.4 Å². The number of nitriles is 1. The molecule has 204 valence electrons. The van der Waals surface area contributed by atoms with Crippen molar-refractivity contribution in [3.05, 3.63) is 53.1 Å². The first-order valence-corrected chi connectivity index (χ1v) is 13.3. The lowest BCUT2D eigenvalue weighted by atomic mass is 10.1. The topological polar surface area (TPSA) is 108 Å². The molecule has 2 aliphatic heterocycles. The van der Waals surface area contributed by atoms with Crippen molar-refractivity contribution in [3.63, 3.8) is 0 Å². The third-order valence-corrected chi connectivity index (χ3v) is 7.49. The van der Waals surface area contributed by atoms with E-state index in [4.69, 9.17) is 21.1 Å². The molecule has 2 fully saturated rings. The molecule has 10 nitrogen and oxygen atoms in total. The van der Waals surface area contributed by atoms with Crippen LogP contribution in [0.25, 0.3) is 10.9 Å². The van der Waals surface area contributed by atoms with E-state index in [0.29, 0.717) is 24.4 Å². The van der Waals surface area contributed by atoms with Gasteiger partial charge in [0.25, 0.3) is 0 Å². The maximum Gasteiger partial charge on any atom is 0.410 e. The average molecular weight is 554 g/mol. The molecule has 0 spiro atoms. The molecule has 2 atom stereocenters. The van der Waals surface area contributed by atoms with E-state index in [-0.39, 0.29) is 48.8 Å². The number of carbonyl (C=O) groups excluding carboxylic acids is 1. The number of fused-ring (bicyclic) bond motifs is 1. The van der Waals surface area contributed by atoms with Gasteiger partial charge in [0.2, 0.25) is 0 Å². The summed E-state index contributed by atoms with van der Waals surface area (Å²) in [7, 11) is 2.04. The second-order valence-electron chi connectivity index (χ2n) is 9.74. The van der Waals surface area contributed by atoms with Gasteiger partial charge in [-0.25, -0.2) is 14.2 Å². The number of anilines is 1. The third kappa shape index (κ3) is 5.97. The number of carbonyl (C=O) groups is 1. The molecular formula is C27H29ClFN7O3. The normalized spacial score (nSPS) is 19.7. The summed E-state index contributed by atoms with van der Waals surface area (Å²) in [6, 6.07) is 11.4. The Bertz CT molecular complexity index is 1370. The fourth-order valence-electron chi connectivity index (χ4n) is 5.04. The summed E-state index contributed by atoms with van der Waals surface area (Å²) in [5.74, 6) is -0.338. The summed E-state index contributed by atoms with van der Waals surface area (Å²) in [5.41, 5.74) is 0.884. The van der Waals surface area contributed by atoms with Crippen molar-refractivity contribution < 1.29 is 18.7 Å². The van der Waals surface area contributed by atoms with Crippen LogP contribution in [0, 0.1) is 17.1 Å². The van der Waals surface area contributed by atoms with Gasteiger partial charge < -0.3 is 24.2 Å². The lowest BCUT2D eigenvalue weighted by Gasteiger charge is -2.40. The average Bonchev–Trinajstić information content (AvgIpc) is 3.37. The van der Waals surface area contributed by atoms with E-state index in [2.05, 4.69) is 25.9 Å². The summed E-state index contributed by atoms with van der Waals surface area (Å²) >= 11 is 5.97. The second-order valence-corrected chi connectivity index (χ2v) is 10.1. The molecule has 0 aliphatic carbocycles. The number of pyridine rings is 1. The molecule has 5 rings (SSSR count). The molecule has 2 aromatic heterocycles. The molecule has 39 heavy (non-hydrogen) atoms. The molecule has 4 heterocycles. The summed E-state index contributed by atoms with van der Waals surface area (Å²) in [5, 5.41) is 9.57. The monoisotopic (exact) mass is 553 g/mol. The highest BCUT2D eigenvalue weighted by molar-refractivity contribution is 6.30. The standard InChI is InChI=1S/C27H29ClFN7O3/c1-34-11-5-8-20(34)17-38-26-32-23-21(14-31-24(28)22(23)29)25(33-26)35-12-13-36(19(15-35)9-10-30)27(37)39-16-18-6-3-2-4-7-18/h2-4,6-7,14,19-20H,5,8-9,11-13,15-17H2,1H3/t19-,20+/m0/s1. The fraction of sp³-hybridized carbons (Fsp3) is 0.444. The summed E-state index contributed by atoms with van der Waals surface area (Å²) in [4.78, 5) is 31.5. The number of piperazine rings is 1. The lowest BCUT2D eigenvalue weighted by Crippen LogP contribution is -2.55. The Labute approximate surface area is 230 Å². The quantitative estimate of drug-likeness (QED) is 0.401. The third-order valence-electron chi connectivity index (χ3n) is 7.23. The van der Waals surface area contributed by atoms with Gasteiger partial charge in [-0.15, -0.1) is 0 Å². The molecule has 0 bridgehead atoms. The maximum atomic E-state index is 15.0. The Hall–Kier alpha value is -3.75. The van der Waals surface area contributed by atoms with Crippen molar-refractivity contribution in [2.75, 3.05) is 44.7 Å². The zero-order valence-corrected chi connectivity index (χ0v) is 22.3. The molecule has 2 aliphatic rings. The number of ether oxygens (including phenoxy) is 2. The molecule has 1 amide bonds. The van der Waals surface area contributed by atoms with E-state index in [1.54, 1.807) is 4.90 Å². The van der Waals surface area contributed by atoms with Crippen LogP contribution in [0.15, 0.2) is 36.5 Å². The van der Waals surface area contributed by atoms with Gasteiger partial charge in [-0.2, -0.15) is 15.2 Å². The number of rotatable bonds is 7. The first kappa shape index (κ1) is 26.8. The van der Waals surface area contributed by atoms with E-state index in [1.807, 2.05) is 42.3 Å². The van der Waals surface area contributed by atoms with Crippen LogP contribution < -0.4 is 9.64 Å². The van der Waals surface area contributed by atoms with Gasteiger partial charge in [0.05, 0.1) is 23.9 Å². The zero-order chi connectivity index (χ0) is 27.4. The Morgan fingerprint density at radius 3 is 2.77 bits per heavy atom. The second kappa shape index (κ2) is 12.0. The van der Waals surface area contributed by atoms with Crippen molar-refractivity contribution in [2.24, 2.45) is 0 Å².